The van der Waals surface area contributed by atoms with E-state index in [1.165, 1.54) is 0 Å². The van der Waals surface area contributed by atoms with E-state index < -0.39 is 5.97 Å². The molecule has 0 saturated carbocycles. The lowest BCUT2D eigenvalue weighted by molar-refractivity contribution is -0.141. The monoisotopic (exact) mass is 351 g/mol. The number of benzene rings is 1. The van der Waals surface area contributed by atoms with E-state index >= 15 is 0 Å². The van der Waals surface area contributed by atoms with Gasteiger partial charge < -0.3 is 10.0 Å². The first-order valence-electron chi connectivity index (χ1n) is 8.82. The van der Waals surface area contributed by atoms with E-state index in [4.69, 9.17) is 5.10 Å². The molecular weight excluding hydrogens is 330 g/mol. The molecular formula is C19H21N5O2. The van der Waals surface area contributed by atoms with Gasteiger partial charge in [-0.3, -0.25) is 4.79 Å². The highest BCUT2D eigenvalue weighted by atomic mass is 16.4. The second kappa shape index (κ2) is 6.40. The number of aliphatic carboxylic acids is 1. The van der Waals surface area contributed by atoms with Crippen molar-refractivity contribution in [3.63, 3.8) is 0 Å². The fourth-order valence-corrected chi connectivity index (χ4v) is 3.72. The van der Waals surface area contributed by atoms with E-state index in [1.807, 2.05) is 53.8 Å². The van der Waals surface area contributed by atoms with E-state index in [1.54, 1.807) is 0 Å². The van der Waals surface area contributed by atoms with Crippen molar-refractivity contribution in [2.24, 2.45) is 5.92 Å². The highest BCUT2D eigenvalue weighted by molar-refractivity contribution is 5.92. The summed E-state index contributed by atoms with van der Waals surface area (Å²) in [6.45, 7) is 5.17. The Morgan fingerprint density at radius 3 is 2.69 bits per heavy atom. The molecule has 1 aliphatic rings. The van der Waals surface area contributed by atoms with Crippen molar-refractivity contribution in [1.82, 2.24) is 20.0 Å². The van der Waals surface area contributed by atoms with Gasteiger partial charge in [0.25, 0.3) is 0 Å². The highest BCUT2D eigenvalue weighted by Gasteiger charge is 2.29. The molecule has 1 saturated heterocycles. The van der Waals surface area contributed by atoms with Gasteiger partial charge in [0.05, 0.1) is 28.4 Å². The number of hydrogen-bond acceptors (Lipinski definition) is 5. The van der Waals surface area contributed by atoms with Crippen molar-refractivity contribution in [3.05, 3.63) is 41.7 Å². The SMILES string of the molecule is Cc1nnc(N2CCC[C@H](C(=O)O)C2)c2nn(-c3ccccc3)c(C)c12. The van der Waals surface area contributed by atoms with Gasteiger partial charge in [0.2, 0.25) is 0 Å². The number of para-hydroxylation sites is 1. The van der Waals surface area contributed by atoms with Gasteiger partial charge in [-0.05, 0) is 38.8 Å². The van der Waals surface area contributed by atoms with Crippen LogP contribution in [0.2, 0.25) is 0 Å². The van der Waals surface area contributed by atoms with Crippen LogP contribution in [-0.4, -0.2) is 44.1 Å². The molecule has 134 valence electrons. The van der Waals surface area contributed by atoms with Crippen LogP contribution in [-0.2, 0) is 4.79 Å². The zero-order valence-corrected chi connectivity index (χ0v) is 14.9. The summed E-state index contributed by atoms with van der Waals surface area (Å²) in [4.78, 5) is 13.4. The number of hydrogen-bond donors (Lipinski definition) is 1. The van der Waals surface area contributed by atoms with Crippen LogP contribution >= 0.6 is 0 Å². The molecule has 2 aromatic heterocycles. The van der Waals surface area contributed by atoms with Crippen LogP contribution < -0.4 is 4.90 Å². The molecule has 26 heavy (non-hydrogen) atoms. The summed E-state index contributed by atoms with van der Waals surface area (Å²) in [7, 11) is 0. The number of nitrogens with zero attached hydrogens (tertiary/aromatic N) is 5. The molecule has 1 atom stereocenters. The summed E-state index contributed by atoms with van der Waals surface area (Å²) in [6, 6.07) is 9.95. The maximum Gasteiger partial charge on any atom is 0.308 e. The Kier molecular flexibility index (Phi) is 4.06. The van der Waals surface area contributed by atoms with Gasteiger partial charge in [-0.25, -0.2) is 4.68 Å². The molecule has 0 bridgehead atoms. The Labute approximate surface area is 151 Å². The second-order valence-electron chi connectivity index (χ2n) is 6.79. The van der Waals surface area contributed by atoms with E-state index in [0.29, 0.717) is 18.8 Å². The molecule has 1 aromatic carbocycles. The van der Waals surface area contributed by atoms with Gasteiger partial charge in [-0.2, -0.15) is 10.2 Å². The smallest absolute Gasteiger partial charge is 0.308 e. The van der Waals surface area contributed by atoms with E-state index in [2.05, 4.69) is 10.2 Å². The standard InChI is InChI=1S/C19H21N5O2/c1-12-16-13(2)24(15-8-4-3-5-9-15)22-17(16)18(21-20-12)23-10-6-7-14(11-23)19(25)26/h3-5,8-9,14H,6-7,10-11H2,1-2H3,(H,25,26)/t14-/m0/s1. The first kappa shape index (κ1) is 16.5. The molecule has 1 aliphatic heterocycles. The number of fused-ring (bicyclic) bond motifs is 1. The van der Waals surface area contributed by atoms with Crippen LogP contribution in [0.4, 0.5) is 5.82 Å². The van der Waals surface area contributed by atoms with Crippen LogP contribution in [0.5, 0.6) is 0 Å². The van der Waals surface area contributed by atoms with Gasteiger partial charge in [0, 0.05) is 13.1 Å². The Morgan fingerprint density at radius 1 is 1.19 bits per heavy atom. The molecule has 1 fully saturated rings. The summed E-state index contributed by atoms with van der Waals surface area (Å²) in [5, 5.41) is 23.9. The number of piperidine rings is 1. The number of carboxylic acid groups (broad SMARTS) is 1. The van der Waals surface area contributed by atoms with Gasteiger partial charge in [-0.15, -0.1) is 5.10 Å². The Morgan fingerprint density at radius 2 is 1.96 bits per heavy atom. The quantitative estimate of drug-likeness (QED) is 0.781. The lowest BCUT2D eigenvalue weighted by atomic mass is 9.98. The predicted octanol–water partition coefficient (Wildman–Crippen LogP) is 2.73. The Balaban J connectivity index is 1.84. The maximum atomic E-state index is 11.4. The zero-order valence-electron chi connectivity index (χ0n) is 14.9. The number of carbonyl (C=O) groups is 1. The molecule has 0 radical (unpaired) electrons. The Hall–Kier alpha value is -2.96. The van der Waals surface area contributed by atoms with Crippen LogP contribution in [0.1, 0.15) is 24.2 Å². The van der Waals surface area contributed by atoms with Crippen LogP contribution in [0.15, 0.2) is 30.3 Å². The molecule has 0 amide bonds. The number of aryl methyl sites for hydroxylation is 2. The molecule has 1 N–H and O–H groups in total. The molecule has 4 rings (SSSR count). The molecule has 7 heteroatoms. The average molecular weight is 351 g/mol. The first-order chi connectivity index (χ1) is 12.6. The summed E-state index contributed by atoms with van der Waals surface area (Å²) >= 11 is 0. The summed E-state index contributed by atoms with van der Waals surface area (Å²) in [5.41, 5.74) is 3.60. The third kappa shape index (κ3) is 2.69. The zero-order chi connectivity index (χ0) is 18.3. The van der Waals surface area contributed by atoms with Gasteiger partial charge in [0.15, 0.2) is 5.82 Å². The molecule has 7 nitrogen and oxygen atoms in total. The van der Waals surface area contributed by atoms with Crippen molar-refractivity contribution in [1.29, 1.82) is 0 Å². The van der Waals surface area contributed by atoms with E-state index in [-0.39, 0.29) is 5.92 Å². The molecule has 0 aliphatic carbocycles. The normalized spacial score (nSPS) is 17.6. The number of carboxylic acids is 1. The Bertz CT molecular complexity index is 967. The minimum Gasteiger partial charge on any atom is -0.481 e. The largest absolute Gasteiger partial charge is 0.481 e. The van der Waals surface area contributed by atoms with E-state index in [9.17, 15) is 9.90 Å². The highest BCUT2D eigenvalue weighted by Crippen LogP contribution is 2.31. The lowest BCUT2D eigenvalue weighted by Crippen LogP contribution is -2.39. The van der Waals surface area contributed by atoms with Gasteiger partial charge in [-0.1, -0.05) is 18.2 Å². The van der Waals surface area contributed by atoms with Crippen LogP contribution in [0.25, 0.3) is 16.6 Å². The van der Waals surface area contributed by atoms with Crippen molar-refractivity contribution in [2.45, 2.75) is 26.7 Å². The van der Waals surface area contributed by atoms with E-state index in [0.717, 1.165) is 40.9 Å². The van der Waals surface area contributed by atoms with Crippen molar-refractivity contribution in [2.75, 3.05) is 18.0 Å². The fourth-order valence-electron chi connectivity index (χ4n) is 3.72. The maximum absolute atomic E-state index is 11.4. The summed E-state index contributed by atoms with van der Waals surface area (Å²) < 4.78 is 1.91. The molecule has 0 unspecified atom stereocenters. The first-order valence-corrected chi connectivity index (χ1v) is 8.82. The third-order valence-corrected chi connectivity index (χ3v) is 5.06. The van der Waals surface area contributed by atoms with Crippen molar-refractivity contribution < 1.29 is 9.90 Å². The predicted molar refractivity (Wildman–Crippen MR) is 98.7 cm³/mol. The summed E-state index contributed by atoms with van der Waals surface area (Å²) in [6.07, 6.45) is 1.53. The van der Waals surface area contributed by atoms with Crippen LogP contribution in [0, 0.1) is 19.8 Å². The second-order valence-corrected chi connectivity index (χ2v) is 6.79. The third-order valence-electron chi connectivity index (χ3n) is 5.06. The summed E-state index contributed by atoms with van der Waals surface area (Å²) in [5.74, 6) is -0.453. The molecule has 3 heterocycles. The average Bonchev–Trinajstić information content (AvgIpc) is 3.01. The van der Waals surface area contributed by atoms with Gasteiger partial charge >= 0.3 is 5.97 Å². The number of rotatable bonds is 3. The van der Waals surface area contributed by atoms with Gasteiger partial charge in [0.1, 0.15) is 5.52 Å². The minimum atomic E-state index is -0.753. The number of anilines is 1. The van der Waals surface area contributed by atoms with Crippen LogP contribution in [0.3, 0.4) is 0 Å². The minimum absolute atomic E-state index is 0.376. The topological polar surface area (TPSA) is 84.1 Å². The number of aromatic nitrogens is 4. The fraction of sp³-hybridized carbons (Fsp3) is 0.368. The van der Waals surface area contributed by atoms with Crippen molar-refractivity contribution in [3.8, 4) is 5.69 Å². The molecule has 0 spiro atoms. The van der Waals surface area contributed by atoms with Crippen molar-refractivity contribution >= 4 is 22.7 Å². The molecule has 3 aromatic rings. The lowest BCUT2D eigenvalue weighted by Gasteiger charge is -2.31.